The first-order chi connectivity index (χ1) is 14.8. The third kappa shape index (κ3) is 4.13. The summed E-state index contributed by atoms with van der Waals surface area (Å²) in [5, 5.41) is 8.84. The zero-order chi connectivity index (χ0) is 22.2. The Morgan fingerprint density at radius 3 is 2.39 bits per heavy atom. The van der Waals surface area contributed by atoms with E-state index in [-0.39, 0.29) is 17.7 Å². The van der Waals surface area contributed by atoms with Crippen LogP contribution in [0.3, 0.4) is 0 Å². The van der Waals surface area contributed by atoms with Crippen molar-refractivity contribution in [3.63, 3.8) is 0 Å². The molecule has 4 rings (SSSR count). The van der Waals surface area contributed by atoms with Crippen molar-refractivity contribution in [2.24, 2.45) is 0 Å². The minimum atomic E-state index is -0.629. The van der Waals surface area contributed by atoms with Gasteiger partial charge in [0.05, 0.1) is 17.5 Å². The second-order valence-corrected chi connectivity index (χ2v) is 8.33. The highest BCUT2D eigenvalue weighted by Gasteiger charge is 2.23. The van der Waals surface area contributed by atoms with E-state index in [4.69, 9.17) is 11.6 Å². The second-order valence-electron chi connectivity index (χ2n) is 7.89. The van der Waals surface area contributed by atoms with Gasteiger partial charge in [-0.2, -0.15) is 9.49 Å². The van der Waals surface area contributed by atoms with E-state index >= 15 is 4.39 Å². The number of hydrogen-bond acceptors (Lipinski definition) is 4. The predicted octanol–water partition coefficient (Wildman–Crippen LogP) is 1.90. The molecule has 1 N–H and O–H groups in total. The van der Waals surface area contributed by atoms with Crippen LogP contribution >= 0.6 is 11.6 Å². The number of rotatable bonds is 5. The molecule has 0 unspecified atom stereocenters. The number of pyridine rings is 1. The Morgan fingerprint density at radius 2 is 1.74 bits per heavy atom. The smallest absolute Gasteiger partial charge is 0.274 e. The number of halogens is 2. The third-order valence-electron chi connectivity index (χ3n) is 5.48. The lowest BCUT2D eigenvalue weighted by Gasteiger charge is -2.24. The highest BCUT2D eigenvalue weighted by atomic mass is 35.5. The van der Waals surface area contributed by atoms with Crippen LogP contribution in [0, 0.1) is 5.95 Å². The molecule has 4 aromatic rings. The van der Waals surface area contributed by atoms with Crippen molar-refractivity contribution in [3.8, 4) is 11.3 Å². The van der Waals surface area contributed by atoms with Gasteiger partial charge in [0.15, 0.2) is 0 Å². The van der Waals surface area contributed by atoms with E-state index in [1.807, 2.05) is 27.8 Å². The summed E-state index contributed by atoms with van der Waals surface area (Å²) in [6.07, 6.45) is 0. The minimum Gasteiger partial charge on any atom is -0.324 e. The third-order valence-corrected chi connectivity index (χ3v) is 5.73. The molecule has 9 heteroatoms. The zero-order valence-electron chi connectivity index (χ0n) is 17.5. The normalized spacial score (nSPS) is 11.7. The highest BCUT2D eigenvalue weighted by Crippen LogP contribution is 2.27. The molecule has 2 aromatic carbocycles. The molecule has 0 spiro atoms. The molecule has 0 aliphatic rings. The van der Waals surface area contributed by atoms with Crippen molar-refractivity contribution in [1.29, 1.82) is 0 Å². The minimum absolute atomic E-state index is 0.240. The first-order valence-electron chi connectivity index (χ1n) is 9.91. The maximum atomic E-state index is 15.2. The summed E-state index contributed by atoms with van der Waals surface area (Å²) >= 11 is 5.96. The molecule has 31 heavy (non-hydrogen) atoms. The van der Waals surface area contributed by atoms with E-state index in [1.54, 1.807) is 55.6 Å². The summed E-state index contributed by atoms with van der Waals surface area (Å²) in [6.45, 7) is 0.244. The van der Waals surface area contributed by atoms with Gasteiger partial charge < -0.3 is 5.32 Å². The number of aromatic nitrogens is 3. The lowest BCUT2D eigenvalue weighted by molar-refractivity contribution is 0.564. The van der Waals surface area contributed by atoms with Crippen molar-refractivity contribution >= 4 is 38.1 Å². The number of benzene rings is 2. The molecule has 154 valence electrons. The summed E-state index contributed by atoms with van der Waals surface area (Å²) in [6, 6.07) is 17.7. The molecular weight excluding hydrogens is 412 g/mol. The van der Waals surface area contributed by atoms with Gasteiger partial charge in [0.1, 0.15) is 21.4 Å². The number of nitrogens with zero attached hydrogens (tertiary/aromatic N) is 3. The fourth-order valence-electron chi connectivity index (χ4n) is 3.39. The van der Waals surface area contributed by atoms with Gasteiger partial charge in [-0.05, 0) is 48.3 Å². The van der Waals surface area contributed by atoms with Gasteiger partial charge in [0.25, 0.3) is 5.56 Å². The van der Waals surface area contributed by atoms with Gasteiger partial charge in [-0.25, -0.2) is 9.67 Å². The molecule has 0 fully saturated rings. The van der Waals surface area contributed by atoms with Crippen LogP contribution in [-0.2, 0) is 11.9 Å². The maximum Gasteiger partial charge on any atom is 0.274 e. The topological polar surface area (TPSA) is 59.8 Å². The van der Waals surface area contributed by atoms with Gasteiger partial charge in [0, 0.05) is 16.1 Å². The highest BCUT2D eigenvalue weighted by molar-refractivity contribution is 6.39. The molecule has 0 amide bonds. The lowest BCUT2D eigenvalue weighted by atomic mass is 9.60. The van der Waals surface area contributed by atoms with E-state index in [9.17, 15) is 4.79 Å². The SMILES string of the molecule is BC(B)(NC)c1ccc(-c2nn(Cc3ccc(Cl)cc3)c(=O)c3ccccc23)c(F)n1. The molecule has 2 aromatic heterocycles. The van der Waals surface area contributed by atoms with Crippen LogP contribution in [0.2, 0.25) is 5.02 Å². The van der Waals surface area contributed by atoms with Gasteiger partial charge in [0.2, 0.25) is 5.95 Å². The maximum absolute atomic E-state index is 15.2. The molecular formula is C22H20B2ClFN4O. The molecule has 0 saturated heterocycles. The van der Waals surface area contributed by atoms with Crippen LogP contribution in [0.4, 0.5) is 4.39 Å². The summed E-state index contributed by atoms with van der Waals surface area (Å²) in [5.74, 6) is -0.629. The standard InChI is InChI=1S/C22H20B2ClFN4O/c1-27-22(23,24)18-11-10-17(20(26)28-18)19-15-4-2-3-5-16(15)21(31)30(29-19)12-13-6-8-14(25)9-7-13/h2-11,27H,12,23-24H2,1H3. The van der Waals surface area contributed by atoms with E-state index < -0.39 is 11.3 Å². The second kappa shape index (κ2) is 8.29. The molecule has 0 aliphatic carbocycles. The lowest BCUT2D eigenvalue weighted by Crippen LogP contribution is -2.42. The fourth-order valence-corrected chi connectivity index (χ4v) is 3.52. The average Bonchev–Trinajstić information content (AvgIpc) is 2.77. The fraction of sp³-hybridized carbons (Fsp3) is 0.136. The number of fused-ring (bicyclic) bond motifs is 1. The van der Waals surface area contributed by atoms with Crippen molar-refractivity contribution < 1.29 is 4.39 Å². The van der Waals surface area contributed by atoms with Crippen LogP contribution in [-0.4, -0.2) is 37.5 Å². The van der Waals surface area contributed by atoms with Gasteiger partial charge in [-0.1, -0.05) is 41.9 Å². The Morgan fingerprint density at radius 1 is 1.06 bits per heavy atom. The first-order valence-corrected chi connectivity index (χ1v) is 10.3. The Bertz CT molecular complexity index is 1330. The van der Waals surface area contributed by atoms with Gasteiger partial charge in [-0.3, -0.25) is 4.79 Å². The quantitative estimate of drug-likeness (QED) is 0.387. The monoisotopic (exact) mass is 432 g/mol. The van der Waals surface area contributed by atoms with Crippen molar-refractivity contribution in [3.05, 3.63) is 93.2 Å². The molecule has 2 heterocycles. The Labute approximate surface area is 186 Å². The molecule has 0 saturated carbocycles. The molecule has 0 bridgehead atoms. The summed E-state index contributed by atoms with van der Waals surface area (Å²) in [5.41, 5.74) is 1.83. The average molecular weight is 433 g/mol. The van der Waals surface area contributed by atoms with Crippen molar-refractivity contribution in [1.82, 2.24) is 20.1 Å². The first kappa shape index (κ1) is 21.3. The largest absolute Gasteiger partial charge is 0.324 e. The summed E-state index contributed by atoms with van der Waals surface area (Å²) in [7, 11) is 5.65. The van der Waals surface area contributed by atoms with E-state index in [0.717, 1.165) is 5.56 Å². The van der Waals surface area contributed by atoms with Crippen molar-refractivity contribution in [2.75, 3.05) is 7.05 Å². The molecule has 5 nitrogen and oxygen atoms in total. The summed E-state index contributed by atoms with van der Waals surface area (Å²) < 4.78 is 16.5. The Hall–Kier alpha value is -2.96. The molecule has 0 radical (unpaired) electrons. The molecule has 0 aliphatic heterocycles. The van der Waals surface area contributed by atoms with E-state index in [2.05, 4.69) is 15.4 Å². The zero-order valence-corrected chi connectivity index (χ0v) is 18.2. The van der Waals surface area contributed by atoms with Crippen molar-refractivity contribution in [2.45, 2.75) is 11.9 Å². The van der Waals surface area contributed by atoms with Gasteiger partial charge in [-0.15, -0.1) is 0 Å². The van der Waals surface area contributed by atoms with Crippen LogP contribution in [0.15, 0.2) is 65.5 Å². The number of hydrogen-bond donors (Lipinski definition) is 1. The van der Waals surface area contributed by atoms with Crippen LogP contribution in [0.5, 0.6) is 0 Å². The summed E-state index contributed by atoms with van der Waals surface area (Å²) in [4.78, 5) is 17.2. The van der Waals surface area contributed by atoms with Crippen LogP contribution in [0.1, 0.15) is 11.3 Å². The van der Waals surface area contributed by atoms with Crippen LogP contribution in [0.25, 0.3) is 22.0 Å². The number of nitrogens with one attached hydrogen (secondary N) is 1. The van der Waals surface area contributed by atoms with E-state index in [0.29, 0.717) is 27.2 Å². The Kier molecular flexibility index (Phi) is 5.69. The Balaban J connectivity index is 1.89. The van der Waals surface area contributed by atoms with Crippen LogP contribution < -0.4 is 10.9 Å². The van der Waals surface area contributed by atoms with E-state index in [1.165, 1.54) is 4.68 Å². The molecule has 0 atom stereocenters. The predicted molar refractivity (Wildman–Crippen MR) is 128 cm³/mol. The van der Waals surface area contributed by atoms with Gasteiger partial charge >= 0.3 is 0 Å².